The van der Waals surface area contributed by atoms with Crippen LogP contribution in [0.3, 0.4) is 0 Å². The summed E-state index contributed by atoms with van der Waals surface area (Å²) in [5.41, 5.74) is 2.39. The lowest BCUT2D eigenvalue weighted by atomic mass is 10.4. The second kappa shape index (κ2) is 6.89. The van der Waals surface area contributed by atoms with Gasteiger partial charge < -0.3 is 0 Å². The third-order valence-corrected chi connectivity index (χ3v) is 2.33. The van der Waals surface area contributed by atoms with E-state index in [9.17, 15) is 0 Å². The Morgan fingerprint density at radius 1 is 1.24 bits per heavy atom. The van der Waals surface area contributed by atoms with Gasteiger partial charge in [0.1, 0.15) is 0 Å². The van der Waals surface area contributed by atoms with Crippen molar-refractivity contribution in [2.45, 2.75) is 33.6 Å². The summed E-state index contributed by atoms with van der Waals surface area (Å²) in [7, 11) is 1.91. The Kier molecular flexibility index (Phi) is 5.46. The van der Waals surface area contributed by atoms with Gasteiger partial charge in [-0.15, -0.1) is 0 Å². The maximum Gasteiger partial charge on any atom is 0.0518 e. The highest BCUT2D eigenvalue weighted by Crippen LogP contribution is 2.26. The number of aryl methyl sites for hydroxylation is 3. The maximum absolute atomic E-state index is 3.93. The highest BCUT2D eigenvalue weighted by molar-refractivity contribution is 4.98. The average Bonchev–Trinajstić information content (AvgIpc) is 2.75. The van der Waals surface area contributed by atoms with Crippen LogP contribution in [0.25, 0.3) is 0 Å². The summed E-state index contributed by atoms with van der Waals surface area (Å²) in [6, 6.07) is 0. The van der Waals surface area contributed by atoms with Crippen LogP contribution in [0.4, 0.5) is 0 Å². The first kappa shape index (κ1) is 13.5. The summed E-state index contributed by atoms with van der Waals surface area (Å²) < 4.78 is 1.79. The van der Waals surface area contributed by atoms with Crippen LogP contribution in [-0.2, 0) is 7.05 Å². The van der Waals surface area contributed by atoms with E-state index in [4.69, 9.17) is 0 Å². The molecular weight excluding hydrogens is 212 g/mol. The van der Waals surface area contributed by atoms with Gasteiger partial charge in [0.15, 0.2) is 0 Å². The van der Waals surface area contributed by atoms with Crippen LogP contribution in [0.2, 0.25) is 0 Å². The van der Waals surface area contributed by atoms with E-state index in [1.165, 1.54) is 24.0 Å². The smallest absolute Gasteiger partial charge is 0.0518 e. The lowest BCUT2D eigenvalue weighted by Crippen LogP contribution is -1.83. The normalized spacial score (nSPS) is 13.2. The molecule has 4 nitrogen and oxygen atoms in total. The highest BCUT2D eigenvalue weighted by Gasteiger charge is 2.12. The first-order valence-corrected chi connectivity index (χ1v) is 5.98. The zero-order valence-corrected chi connectivity index (χ0v) is 11.1. The fraction of sp³-hybridized carbons (Fsp3) is 0.538. The number of aromatic nitrogens is 4. The van der Waals surface area contributed by atoms with Gasteiger partial charge >= 0.3 is 0 Å². The van der Waals surface area contributed by atoms with Crippen LogP contribution in [0.5, 0.6) is 0 Å². The first-order chi connectivity index (χ1) is 8.08. The molecule has 17 heavy (non-hydrogen) atoms. The Hall–Kier alpha value is -1.58. The van der Waals surface area contributed by atoms with Gasteiger partial charge in [-0.1, -0.05) is 19.8 Å². The van der Waals surface area contributed by atoms with Crippen LogP contribution in [0, 0.1) is 19.8 Å². The van der Waals surface area contributed by atoms with E-state index in [2.05, 4.69) is 22.2 Å². The van der Waals surface area contributed by atoms with Crippen molar-refractivity contribution in [1.29, 1.82) is 0 Å². The Labute approximate surface area is 103 Å². The van der Waals surface area contributed by atoms with Crippen molar-refractivity contribution in [3.05, 3.63) is 35.9 Å². The van der Waals surface area contributed by atoms with E-state index in [1.54, 1.807) is 10.9 Å². The topological polar surface area (TPSA) is 46.5 Å². The Bertz CT molecular complexity index is 382. The standard InChI is InChI=1S/C5H8N2.C4H6N2.C4H8/c1-5-3-6-7(2)4-5;1-4-2-5-6-3-4;1-4-2-3-4/h3-4H,1-2H3;2-3H,1H3,(H,5,6);4H,2-3H2,1H3. The molecule has 0 atom stereocenters. The lowest BCUT2D eigenvalue weighted by Gasteiger charge is -1.78. The monoisotopic (exact) mass is 234 g/mol. The molecule has 1 aliphatic rings. The first-order valence-electron chi connectivity index (χ1n) is 5.98. The van der Waals surface area contributed by atoms with Crippen molar-refractivity contribution in [3.8, 4) is 0 Å². The summed E-state index contributed by atoms with van der Waals surface area (Å²) in [6.45, 7) is 6.29. The van der Waals surface area contributed by atoms with Crippen molar-refractivity contribution >= 4 is 0 Å². The zero-order valence-electron chi connectivity index (χ0n) is 11.1. The number of nitrogens with zero attached hydrogens (tertiary/aromatic N) is 3. The second-order valence-corrected chi connectivity index (χ2v) is 4.65. The third kappa shape index (κ3) is 7.33. The molecule has 4 heteroatoms. The molecule has 0 unspecified atom stereocenters. The van der Waals surface area contributed by atoms with E-state index in [0.717, 1.165) is 5.92 Å². The molecule has 1 aliphatic carbocycles. The molecule has 3 rings (SSSR count). The minimum absolute atomic E-state index is 1.08. The summed E-state index contributed by atoms with van der Waals surface area (Å²) in [4.78, 5) is 0. The van der Waals surface area contributed by atoms with Gasteiger partial charge in [0.05, 0.1) is 12.4 Å². The second-order valence-electron chi connectivity index (χ2n) is 4.65. The van der Waals surface area contributed by atoms with Gasteiger partial charge in [-0.05, 0) is 30.9 Å². The van der Waals surface area contributed by atoms with E-state index in [1.807, 2.05) is 39.5 Å². The van der Waals surface area contributed by atoms with E-state index in [0.29, 0.717) is 0 Å². The highest BCUT2D eigenvalue weighted by atomic mass is 15.2. The van der Waals surface area contributed by atoms with Crippen molar-refractivity contribution in [3.63, 3.8) is 0 Å². The van der Waals surface area contributed by atoms with Crippen LogP contribution in [-0.4, -0.2) is 20.0 Å². The molecule has 1 saturated carbocycles. The summed E-state index contributed by atoms with van der Waals surface area (Å²) in [6.07, 6.45) is 10.4. The minimum Gasteiger partial charge on any atom is -0.285 e. The molecule has 2 heterocycles. The molecule has 0 aromatic carbocycles. The number of hydrogen-bond acceptors (Lipinski definition) is 2. The molecule has 0 saturated heterocycles. The van der Waals surface area contributed by atoms with Crippen molar-refractivity contribution in [2.75, 3.05) is 0 Å². The zero-order chi connectivity index (χ0) is 12.7. The molecule has 1 N–H and O–H groups in total. The van der Waals surface area contributed by atoms with Gasteiger partial charge in [0, 0.05) is 19.4 Å². The van der Waals surface area contributed by atoms with Crippen LogP contribution in [0.15, 0.2) is 24.8 Å². The molecular formula is C13H22N4. The van der Waals surface area contributed by atoms with Gasteiger partial charge in [-0.3, -0.25) is 9.78 Å². The summed E-state index contributed by atoms with van der Waals surface area (Å²) in [5.74, 6) is 1.08. The minimum atomic E-state index is 1.08. The Morgan fingerprint density at radius 2 is 1.88 bits per heavy atom. The van der Waals surface area contributed by atoms with Crippen LogP contribution < -0.4 is 0 Å². The molecule has 2 aromatic rings. The van der Waals surface area contributed by atoms with Crippen molar-refractivity contribution in [1.82, 2.24) is 20.0 Å². The number of hydrogen-bond donors (Lipinski definition) is 1. The molecule has 2 aromatic heterocycles. The number of rotatable bonds is 0. The van der Waals surface area contributed by atoms with E-state index >= 15 is 0 Å². The molecule has 1 fully saturated rings. The molecule has 0 bridgehead atoms. The van der Waals surface area contributed by atoms with Crippen molar-refractivity contribution in [2.24, 2.45) is 13.0 Å². The van der Waals surface area contributed by atoms with E-state index < -0.39 is 0 Å². The predicted molar refractivity (Wildman–Crippen MR) is 69.7 cm³/mol. The quantitative estimate of drug-likeness (QED) is 0.762. The molecule has 0 spiro atoms. The number of nitrogens with one attached hydrogen (secondary N) is 1. The molecule has 0 aliphatic heterocycles. The fourth-order valence-corrected chi connectivity index (χ4v) is 1.03. The van der Waals surface area contributed by atoms with E-state index in [-0.39, 0.29) is 0 Å². The lowest BCUT2D eigenvalue weighted by molar-refractivity contribution is 0.767. The maximum atomic E-state index is 3.93. The average molecular weight is 234 g/mol. The molecule has 0 radical (unpaired) electrons. The third-order valence-electron chi connectivity index (χ3n) is 2.33. The molecule has 0 amide bonds. The Morgan fingerprint density at radius 3 is 2.00 bits per heavy atom. The predicted octanol–water partition coefficient (Wildman–Crippen LogP) is 2.86. The SMILES string of the molecule is CC1CC1.Cc1cn[nH]c1.Cc1cnn(C)c1. The van der Waals surface area contributed by atoms with Gasteiger partial charge in [0.25, 0.3) is 0 Å². The van der Waals surface area contributed by atoms with Gasteiger partial charge in [-0.2, -0.15) is 10.2 Å². The number of H-pyrrole nitrogens is 1. The summed E-state index contributed by atoms with van der Waals surface area (Å²) in [5, 5.41) is 10.3. The van der Waals surface area contributed by atoms with Crippen LogP contribution >= 0.6 is 0 Å². The van der Waals surface area contributed by atoms with Crippen LogP contribution in [0.1, 0.15) is 30.9 Å². The fourth-order valence-electron chi connectivity index (χ4n) is 1.03. The van der Waals surface area contributed by atoms with Crippen molar-refractivity contribution < 1.29 is 0 Å². The van der Waals surface area contributed by atoms with Gasteiger partial charge in [0.2, 0.25) is 0 Å². The van der Waals surface area contributed by atoms with Gasteiger partial charge in [-0.25, -0.2) is 0 Å². The molecule has 94 valence electrons. The largest absolute Gasteiger partial charge is 0.285 e. The number of aromatic amines is 1. The summed E-state index contributed by atoms with van der Waals surface area (Å²) >= 11 is 0. The Balaban J connectivity index is 0.000000132.